The summed E-state index contributed by atoms with van der Waals surface area (Å²) >= 11 is 0. The van der Waals surface area contributed by atoms with Crippen molar-refractivity contribution < 1.29 is 14.3 Å². The highest BCUT2D eigenvalue weighted by molar-refractivity contribution is 5.71. The van der Waals surface area contributed by atoms with Crippen LogP contribution in [0.4, 0.5) is 4.39 Å². The van der Waals surface area contributed by atoms with E-state index in [1.54, 1.807) is 12.1 Å². The third-order valence-corrected chi connectivity index (χ3v) is 2.82. The lowest BCUT2D eigenvalue weighted by atomic mass is 9.64. The molecule has 74 valence electrons. The summed E-state index contributed by atoms with van der Waals surface area (Å²) in [6.07, 6.45) is 0.375. The van der Waals surface area contributed by atoms with Crippen LogP contribution in [-0.4, -0.2) is 17.6 Å². The quantitative estimate of drug-likeness (QED) is 0.731. The van der Waals surface area contributed by atoms with Crippen LogP contribution in [-0.2, 0) is 10.2 Å². The molecule has 0 amide bonds. The Morgan fingerprint density at radius 2 is 2.21 bits per heavy atom. The van der Waals surface area contributed by atoms with Gasteiger partial charge in [-0.25, -0.2) is 4.39 Å². The first-order valence-electron chi connectivity index (χ1n) is 4.56. The minimum absolute atomic E-state index is 0.117. The summed E-state index contributed by atoms with van der Waals surface area (Å²) in [5.41, 5.74) is 0.0134. The second kappa shape index (κ2) is 3.08. The van der Waals surface area contributed by atoms with E-state index < -0.39 is 11.6 Å². The smallest absolute Gasteiger partial charge is 0.130 e. The van der Waals surface area contributed by atoms with Gasteiger partial charge < -0.3 is 9.90 Å². The zero-order valence-corrected chi connectivity index (χ0v) is 7.61. The first-order chi connectivity index (χ1) is 6.66. The third kappa shape index (κ3) is 1.29. The Morgan fingerprint density at radius 1 is 1.50 bits per heavy atom. The first kappa shape index (κ1) is 9.19. The lowest BCUT2D eigenvalue weighted by molar-refractivity contribution is -0.117. The van der Waals surface area contributed by atoms with Crippen molar-refractivity contribution in [1.82, 2.24) is 0 Å². The van der Waals surface area contributed by atoms with Crippen LogP contribution in [0.25, 0.3) is 0 Å². The zero-order valence-electron chi connectivity index (χ0n) is 7.61. The minimum atomic E-state index is -0.887. The molecule has 14 heavy (non-hydrogen) atoms. The maximum Gasteiger partial charge on any atom is 0.130 e. The summed E-state index contributed by atoms with van der Waals surface area (Å²) in [5.74, 6) is 0.117. The number of benzene rings is 1. The molecule has 0 radical (unpaired) electrons. The molecule has 1 aromatic carbocycles. The standard InChI is InChI=1S/C11H11FO2/c12-9-5-11(6-9,7-13)8-2-1-3-10(14)4-8/h1-4,7,9,14H,5-6H2. The Bertz CT molecular complexity index is 356. The molecule has 1 saturated carbocycles. The molecular formula is C11H11FO2. The van der Waals surface area contributed by atoms with Gasteiger partial charge in [-0.2, -0.15) is 0 Å². The SMILES string of the molecule is O=CC1(c2cccc(O)c2)CC(F)C1. The molecule has 0 atom stereocenters. The second-order valence-electron chi connectivity index (χ2n) is 3.83. The summed E-state index contributed by atoms with van der Waals surface area (Å²) in [6, 6.07) is 6.48. The van der Waals surface area contributed by atoms with E-state index in [2.05, 4.69) is 0 Å². The van der Waals surface area contributed by atoms with E-state index in [4.69, 9.17) is 0 Å². The highest BCUT2D eigenvalue weighted by atomic mass is 19.1. The first-order valence-corrected chi connectivity index (χ1v) is 4.56. The molecular weight excluding hydrogens is 183 g/mol. The van der Waals surface area contributed by atoms with Gasteiger partial charge in [-0.15, -0.1) is 0 Å². The number of halogens is 1. The molecule has 2 nitrogen and oxygen atoms in total. The number of alkyl halides is 1. The highest BCUT2D eigenvalue weighted by Crippen LogP contribution is 2.44. The Morgan fingerprint density at radius 3 is 2.71 bits per heavy atom. The molecule has 0 aromatic heterocycles. The average Bonchev–Trinajstić information content (AvgIpc) is 2.12. The van der Waals surface area contributed by atoms with Crippen molar-refractivity contribution in [3.63, 3.8) is 0 Å². The molecule has 0 spiro atoms. The van der Waals surface area contributed by atoms with Crippen molar-refractivity contribution >= 4 is 6.29 Å². The summed E-state index contributed by atoms with van der Waals surface area (Å²) in [4.78, 5) is 10.9. The largest absolute Gasteiger partial charge is 0.508 e. The lowest BCUT2D eigenvalue weighted by Gasteiger charge is -2.40. The van der Waals surface area contributed by atoms with Crippen molar-refractivity contribution in [3.05, 3.63) is 29.8 Å². The second-order valence-corrected chi connectivity index (χ2v) is 3.83. The van der Waals surface area contributed by atoms with Crippen molar-refractivity contribution in [1.29, 1.82) is 0 Å². The van der Waals surface area contributed by atoms with E-state index in [0.717, 1.165) is 6.29 Å². The maximum atomic E-state index is 12.8. The molecule has 0 heterocycles. The van der Waals surface area contributed by atoms with Gasteiger partial charge in [-0.05, 0) is 30.5 Å². The Kier molecular flexibility index (Phi) is 2.02. The van der Waals surface area contributed by atoms with Crippen molar-refractivity contribution in [2.75, 3.05) is 0 Å². The number of aldehydes is 1. The van der Waals surface area contributed by atoms with Gasteiger partial charge in [-0.1, -0.05) is 12.1 Å². The normalized spacial score (nSPS) is 30.8. The molecule has 1 aromatic rings. The maximum absolute atomic E-state index is 12.8. The van der Waals surface area contributed by atoms with E-state index in [1.807, 2.05) is 0 Å². The average molecular weight is 194 g/mol. The number of carbonyl (C=O) groups excluding carboxylic acids is 1. The summed E-state index contributed by atoms with van der Waals surface area (Å²) in [6.45, 7) is 0. The van der Waals surface area contributed by atoms with Crippen LogP contribution in [0.15, 0.2) is 24.3 Å². The van der Waals surface area contributed by atoms with Gasteiger partial charge in [0.15, 0.2) is 0 Å². The summed E-state index contributed by atoms with van der Waals surface area (Å²) < 4.78 is 12.8. The van der Waals surface area contributed by atoms with Gasteiger partial charge in [0.1, 0.15) is 18.2 Å². The van der Waals surface area contributed by atoms with Crippen LogP contribution in [0.2, 0.25) is 0 Å². The van der Waals surface area contributed by atoms with Crippen molar-refractivity contribution in [2.45, 2.75) is 24.4 Å². The van der Waals surface area contributed by atoms with Gasteiger partial charge in [0.25, 0.3) is 0 Å². The predicted molar refractivity (Wildman–Crippen MR) is 50.0 cm³/mol. The topological polar surface area (TPSA) is 37.3 Å². The van der Waals surface area contributed by atoms with Gasteiger partial charge in [-0.3, -0.25) is 0 Å². The Balaban J connectivity index is 2.33. The zero-order chi connectivity index (χ0) is 10.2. The van der Waals surface area contributed by atoms with E-state index in [-0.39, 0.29) is 18.6 Å². The number of carbonyl (C=O) groups is 1. The number of phenolic OH excluding ortho intramolecular Hbond substituents is 1. The van der Waals surface area contributed by atoms with E-state index in [1.165, 1.54) is 12.1 Å². The number of aromatic hydroxyl groups is 1. The predicted octanol–water partition coefficient (Wildman–Crippen LogP) is 1.96. The van der Waals surface area contributed by atoms with Gasteiger partial charge in [0.2, 0.25) is 0 Å². The molecule has 2 rings (SSSR count). The lowest BCUT2D eigenvalue weighted by Crippen LogP contribution is -2.43. The summed E-state index contributed by atoms with van der Waals surface area (Å²) in [7, 11) is 0. The monoisotopic (exact) mass is 194 g/mol. The minimum Gasteiger partial charge on any atom is -0.508 e. The molecule has 0 bridgehead atoms. The fraction of sp³-hybridized carbons (Fsp3) is 0.364. The summed E-state index contributed by atoms with van der Waals surface area (Å²) in [5, 5.41) is 9.25. The number of hydrogen-bond donors (Lipinski definition) is 1. The highest BCUT2D eigenvalue weighted by Gasteiger charge is 2.46. The molecule has 1 aliphatic rings. The van der Waals surface area contributed by atoms with Crippen LogP contribution in [0.1, 0.15) is 18.4 Å². The van der Waals surface area contributed by atoms with E-state index in [9.17, 15) is 14.3 Å². The third-order valence-electron chi connectivity index (χ3n) is 2.82. The van der Waals surface area contributed by atoms with Gasteiger partial charge in [0.05, 0.1) is 5.41 Å². The molecule has 0 saturated heterocycles. The van der Waals surface area contributed by atoms with Gasteiger partial charge >= 0.3 is 0 Å². The number of hydrogen-bond acceptors (Lipinski definition) is 2. The number of phenols is 1. The molecule has 1 N–H and O–H groups in total. The Hall–Kier alpha value is -1.38. The van der Waals surface area contributed by atoms with E-state index in [0.29, 0.717) is 5.56 Å². The van der Waals surface area contributed by atoms with Crippen molar-refractivity contribution in [2.24, 2.45) is 0 Å². The van der Waals surface area contributed by atoms with Crippen LogP contribution >= 0.6 is 0 Å². The van der Waals surface area contributed by atoms with Gasteiger partial charge in [0, 0.05) is 0 Å². The molecule has 1 fully saturated rings. The van der Waals surface area contributed by atoms with Crippen molar-refractivity contribution in [3.8, 4) is 5.75 Å². The molecule has 0 aliphatic heterocycles. The Labute approximate surface area is 81.4 Å². The van der Waals surface area contributed by atoms with Crippen LogP contribution < -0.4 is 0 Å². The van der Waals surface area contributed by atoms with Crippen LogP contribution in [0.3, 0.4) is 0 Å². The fourth-order valence-electron chi connectivity index (χ4n) is 1.95. The number of rotatable bonds is 2. The molecule has 3 heteroatoms. The molecule has 0 unspecified atom stereocenters. The van der Waals surface area contributed by atoms with Crippen LogP contribution in [0.5, 0.6) is 5.75 Å². The van der Waals surface area contributed by atoms with E-state index >= 15 is 0 Å². The van der Waals surface area contributed by atoms with Crippen LogP contribution in [0, 0.1) is 0 Å². The molecule has 1 aliphatic carbocycles. The fourth-order valence-corrected chi connectivity index (χ4v) is 1.95.